The van der Waals surface area contributed by atoms with Gasteiger partial charge in [-0.2, -0.15) is 0 Å². The van der Waals surface area contributed by atoms with Crippen molar-refractivity contribution in [3.8, 4) is 16.3 Å². The Bertz CT molecular complexity index is 1290. The number of aromatic hydroxyl groups is 1. The molecule has 0 aliphatic carbocycles. The van der Waals surface area contributed by atoms with Gasteiger partial charge in [-0.15, -0.1) is 11.3 Å². The number of aromatic nitrogens is 2. The highest BCUT2D eigenvalue weighted by Gasteiger charge is 2.39. The molecule has 2 aromatic heterocycles. The summed E-state index contributed by atoms with van der Waals surface area (Å²) < 4.78 is 21.6. The number of carbonyl (C=O) groups excluding carboxylic acids is 1. The number of thiazole rings is 1. The van der Waals surface area contributed by atoms with E-state index in [1.54, 1.807) is 27.8 Å². The van der Waals surface area contributed by atoms with Crippen LogP contribution in [-0.2, 0) is 17.7 Å². The van der Waals surface area contributed by atoms with Crippen LogP contribution in [0.3, 0.4) is 0 Å². The van der Waals surface area contributed by atoms with Crippen LogP contribution in [0.4, 0.5) is 4.39 Å². The van der Waals surface area contributed by atoms with E-state index in [0.717, 1.165) is 4.88 Å². The Labute approximate surface area is 191 Å². The number of hydrogen-bond acceptors (Lipinski definition) is 6. The van der Waals surface area contributed by atoms with E-state index in [9.17, 15) is 19.1 Å². The number of pyridine rings is 1. The van der Waals surface area contributed by atoms with E-state index in [0.29, 0.717) is 30.3 Å². The molecule has 0 radical (unpaired) electrons. The maximum atomic E-state index is 14.2. The Hall–Kier alpha value is -2.75. The van der Waals surface area contributed by atoms with Crippen LogP contribution in [0.1, 0.15) is 27.9 Å². The van der Waals surface area contributed by atoms with Gasteiger partial charge in [0.05, 0.1) is 23.7 Å². The first kappa shape index (κ1) is 21.1. The molecule has 2 aliphatic rings. The molecule has 0 saturated carbocycles. The van der Waals surface area contributed by atoms with Gasteiger partial charge in [0.25, 0.3) is 5.91 Å². The van der Waals surface area contributed by atoms with E-state index in [1.165, 1.54) is 23.6 Å². The van der Waals surface area contributed by atoms with Crippen molar-refractivity contribution in [2.45, 2.75) is 26.1 Å². The third-order valence-electron chi connectivity index (χ3n) is 5.68. The Kier molecular flexibility index (Phi) is 5.27. The fourth-order valence-corrected chi connectivity index (χ4v) is 5.23. The second kappa shape index (κ2) is 7.99. The average molecular weight is 476 g/mol. The summed E-state index contributed by atoms with van der Waals surface area (Å²) in [5, 5.41) is 11.0. The zero-order valence-corrected chi connectivity index (χ0v) is 18.6. The SMILES string of the molecule is C[C@@H]1CO[C@H]2Cn3cc(-c4ncc(Cc5cccc(Cl)c5F)s4)c(=O)c(O)c3C(=O)N2C1. The Morgan fingerprint density at radius 1 is 1.34 bits per heavy atom. The Morgan fingerprint density at radius 3 is 2.97 bits per heavy atom. The van der Waals surface area contributed by atoms with Gasteiger partial charge >= 0.3 is 0 Å². The smallest absolute Gasteiger partial charge is 0.276 e. The number of amides is 1. The largest absolute Gasteiger partial charge is 0.503 e. The molecular weight excluding hydrogens is 457 g/mol. The molecule has 4 heterocycles. The van der Waals surface area contributed by atoms with Crippen molar-refractivity contribution in [3.63, 3.8) is 0 Å². The monoisotopic (exact) mass is 475 g/mol. The number of carbonyl (C=O) groups is 1. The second-order valence-electron chi connectivity index (χ2n) is 8.09. The zero-order valence-electron chi connectivity index (χ0n) is 17.0. The van der Waals surface area contributed by atoms with Crippen molar-refractivity contribution < 1.29 is 19.0 Å². The molecule has 10 heteroatoms. The first-order valence-corrected chi connectivity index (χ1v) is 11.3. The number of rotatable bonds is 3. The van der Waals surface area contributed by atoms with E-state index >= 15 is 0 Å². The van der Waals surface area contributed by atoms with Gasteiger partial charge in [-0.25, -0.2) is 9.37 Å². The topological polar surface area (TPSA) is 84.7 Å². The minimum Gasteiger partial charge on any atom is -0.503 e. The summed E-state index contributed by atoms with van der Waals surface area (Å²) in [5.74, 6) is -1.33. The lowest BCUT2D eigenvalue weighted by Crippen LogP contribution is -2.55. The summed E-state index contributed by atoms with van der Waals surface area (Å²) in [6, 6.07) is 4.79. The number of nitrogens with zero attached hydrogens (tertiary/aromatic N) is 3. The molecule has 1 fully saturated rings. The molecule has 3 aromatic rings. The van der Waals surface area contributed by atoms with Crippen molar-refractivity contribution in [1.82, 2.24) is 14.5 Å². The molecule has 1 saturated heterocycles. The molecule has 166 valence electrons. The second-order valence-corrected chi connectivity index (χ2v) is 9.62. The third-order valence-corrected chi connectivity index (χ3v) is 7.00. The van der Waals surface area contributed by atoms with E-state index < -0.39 is 29.1 Å². The molecule has 2 aliphatic heterocycles. The molecule has 0 unspecified atom stereocenters. The predicted octanol–water partition coefficient (Wildman–Crippen LogP) is 3.51. The Balaban J connectivity index is 1.50. The van der Waals surface area contributed by atoms with Crippen LogP contribution >= 0.6 is 22.9 Å². The van der Waals surface area contributed by atoms with Crippen LogP contribution in [0, 0.1) is 11.7 Å². The minimum atomic E-state index is -0.663. The van der Waals surface area contributed by atoms with Crippen LogP contribution in [0.15, 0.2) is 35.4 Å². The first-order chi connectivity index (χ1) is 15.3. The number of ether oxygens (including phenoxy) is 1. The summed E-state index contributed by atoms with van der Waals surface area (Å²) in [4.78, 5) is 32.5. The normalized spacial score (nSPS) is 20.2. The van der Waals surface area contributed by atoms with Crippen LogP contribution in [-0.4, -0.2) is 44.8 Å². The van der Waals surface area contributed by atoms with Crippen LogP contribution in [0.5, 0.6) is 5.75 Å². The molecule has 2 atom stereocenters. The summed E-state index contributed by atoms with van der Waals surface area (Å²) >= 11 is 7.08. The lowest BCUT2D eigenvalue weighted by molar-refractivity contribution is -0.111. The summed E-state index contributed by atoms with van der Waals surface area (Å²) in [6.07, 6.45) is 2.93. The van der Waals surface area contributed by atoms with Gasteiger partial charge in [-0.1, -0.05) is 30.7 Å². The van der Waals surface area contributed by atoms with Crippen molar-refractivity contribution in [1.29, 1.82) is 0 Å². The maximum absolute atomic E-state index is 14.2. The highest BCUT2D eigenvalue weighted by molar-refractivity contribution is 7.15. The molecule has 0 bridgehead atoms. The van der Waals surface area contributed by atoms with Gasteiger partial charge < -0.3 is 19.3 Å². The quantitative estimate of drug-likeness (QED) is 0.626. The van der Waals surface area contributed by atoms with E-state index in [2.05, 4.69) is 4.98 Å². The third kappa shape index (κ3) is 3.50. The molecule has 1 aromatic carbocycles. The van der Waals surface area contributed by atoms with E-state index in [4.69, 9.17) is 16.3 Å². The number of benzene rings is 1. The van der Waals surface area contributed by atoms with Crippen molar-refractivity contribution >= 4 is 28.8 Å². The Morgan fingerprint density at radius 2 is 2.16 bits per heavy atom. The molecule has 5 rings (SSSR count). The molecule has 1 amide bonds. The van der Waals surface area contributed by atoms with E-state index in [1.807, 2.05) is 6.92 Å². The lowest BCUT2D eigenvalue weighted by Gasteiger charge is -2.42. The lowest BCUT2D eigenvalue weighted by atomic mass is 10.1. The fraction of sp³-hybridized carbons (Fsp3) is 0.318. The molecule has 32 heavy (non-hydrogen) atoms. The van der Waals surface area contributed by atoms with Crippen molar-refractivity contribution in [2.24, 2.45) is 5.92 Å². The van der Waals surface area contributed by atoms with Gasteiger partial charge in [0.2, 0.25) is 5.43 Å². The molecule has 1 N–H and O–H groups in total. The molecular formula is C22H19ClFN3O4S. The van der Waals surface area contributed by atoms with Gasteiger partial charge in [-0.3, -0.25) is 9.59 Å². The number of hydrogen-bond donors (Lipinski definition) is 1. The minimum absolute atomic E-state index is 0.0366. The molecule has 0 spiro atoms. The van der Waals surface area contributed by atoms with Gasteiger partial charge in [0, 0.05) is 30.2 Å². The van der Waals surface area contributed by atoms with Crippen LogP contribution in [0.25, 0.3) is 10.6 Å². The summed E-state index contributed by atoms with van der Waals surface area (Å²) in [7, 11) is 0. The standard InChI is InChI=1S/C22H19ClFN3O4S/c1-11-7-27-16(31-10-11)9-26-8-14(19(28)20(29)18(26)22(27)30)21-25-6-13(32-21)5-12-3-2-4-15(23)17(12)24/h2-4,6,8,11,16,29H,5,7,9-10H2,1H3/t11-,16-/m0/s1. The predicted molar refractivity (Wildman–Crippen MR) is 118 cm³/mol. The molecule has 7 nitrogen and oxygen atoms in total. The van der Waals surface area contributed by atoms with Crippen molar-refractivity contribution in [2.75, 3.05) is 13.2 Å². The highest BCUT2D eigenvalue weighted by Crippen LogP contribution is 2.32. The van der Waals surface area contributed by atoms with Crippen LogP contribution < -0.4 is 5.43 Å². The highest BCUT2D eigenvalue weighted by atomic mass is 35.5. The zero-order chi connectivity index (χ0) is 22.6. The van der Waals surface area contributed by atoms with Gasteiger partial charge in [0.1, 0.15) is 10.8 Å². The van der Waals surface area contributed by atoms with E-state index in [-0.39, 0.29) is 28.6 Å². The summed E-state index contributed by atoms with van der Waals surface area (Å²) in [5.41, 5.74) is -0.0964. The van der Waals surface area contributed by atoms with Gasteiger partial charge in [-0.05, 0) is 17.5 Å². The van der Waals surface area contributed by atoms with Crippen LogP contribution in [0.2, 0.25) is 5.02 Å². The van der Waals surface area contributed by atoms with Gasteiger partial charge in [0.15, 0.2) is 17.7 Å². The first-order valence-electron chi connectivity index (χ1n) is 10.1. The average Bonchev–Trinajstić information content (AvgIpc) is 3.23. The van der Waals surface area contributed by atoms with Crippen molar-refractivity contribution in [3.05, 3.63) is 67.8 Å². The fourth-order valence-electron chi connectivity index (χ4n) is 4.10. The number of halogens is 2. The number of fused-ring (bicyclic) bond motifs is 2. The summed E-state index contributed by atoms with van der Waals surface area (Å²) in [6.45, 7) is 3.33. The maximum Gasteiger partial charge on any atom is 0.276 e.